The van der Waals surface area contributed by atoms with Crippen LogP contribution in [-0.4, -0.2) is 37.8 Å². The van der Waals surface area contributed by atoms with E-state index in [1.54, 1.807) is 12.1 Å². The maximum atomic E-state index is 11.8. The first kappa shape index (κ1) is 22.3. The second kappa shape index (κ2) is 11.1. The van der Waals surface area contributed by atoms with E-state index in [-0.39, 0.29) is 0 Å². The van der Waals surface area contributed by atoms with E-state index in [0.29, 0.717) is 30.4 Å². The van der Waals surface area contributed by atoms with Crippen LogP contribution < -0.4 is 15.4 Å². The average Bonchev–Trinajstić information content (AvgIpc) is 3.16. The molecule has 0 saturated heterocycles. The Labute approximate surface area is 171 Å². The Morgan fingerprint density at radius 3 is 2.59 bits per heavy atom. The highest BCUT2D eigenvalue weighted by atomic mass is 16.5. The van der Waals surface area contributed by atoms with Crippen molar-refractivity contribution in [3.8, 4) is 5.75 Å². The molecule has 2 aromatic rings. The summed E-state index contributed by atoms with van der Waals surface area (Å²) in [7, 11) is 2.87. The molecule has 0 saturated carbocycles. The Morgan fingerprint density at radius 2 is 1.97 bits per heavy atom. The number of nitrogens with one attached hydrogen (secondary N) is 2. The normalized spacial score (nSPS) is 11.3. The minimum absolute atomic E-state index is 0.388. The van der Waals surface area contributed by atoms with Crippen molar-refractivity contribution in [2.24, 2.45) is 4.99 Å². The van der Waals surface area contributed by atoms with E-state index in [9.17, 15) is 4.79 Å². The molecule has 0 aliphatic heterocycles. The highest BCUT2D eigenvalue weighted by Gasteiger charge is 2.15. The quantitative estimate of drug-likeness (QED) is 0.378. The van der Waals surface area contributed by atoms with E-state index < -0.39 is 5.97 Å². The second-order valence-electron chi connectivity index (χ2n) is 6.31. The first-order chi connectivity index (χ1) is 14.1. The number of aliphatic imine (C=N–C) groups is 1. The van der Waals surface area contributed by atoms with Crippen molar-refractivity contribution in [3.05, 3.63) is 46.3 Å². The third kappa shape index (κ3) is 5.73. The zero-order valence-electron chi connectivity index (χ0n) is 17.8. The zero-order valence-corrected chi connectivity index (χ0v) is 17.8. The fourth-order valence-electron chi connectivity index (χ4n) is 2.93. The Kier molecular flexibility index (Phi) is 8.51. The summed E-state index contributed by atoms with van der Waals surface area (Å²) in [6, 6.07) is 5.32. The Bertz CT molecular complexity index is 824. The van der Waals surface area contributed by atoms with E-state index in [1.165, 1.54) is 14.2 Å². The molecule has 2 N–H and O–H groups in total. The number of carbonyl (C=O) groups excluding carboxylic acids is 1. The minimum Gasteiger partial charge on any atom is -0.496 e. The van der Waals surface area contributed by atoms with Gasteiger partial charge in [0.1, 0.15) is 17.1 Å². The fourth-order valence-corrected chi connectivity index (χ4v) is 2.93. The molecule has 0 aliphatic rings. The molecule has 0 radical (unpaired) electrons. The van der Waals surface area contributed by atoms with Gasteiger partial charge in [-0.25, -0.2) is 9.79 Å². The van der Waals surface area contributed by atoms with Crippen molar-refractivity contribution in [2.45, 2.75) is 46.7 Å². The van der Waals surface area contributed by atoms with Gasteiger partial charge in [-0.3, -0.25) is 0 Å². The zero-order chi connectivity index (χ0) is 21.2. The van der Waals surface area contributed by atoms with Crippen LogP contribution in [0.15, 0.2) is 27.7 Å². The van der Waals surface area contributed by atoms with Crippen LogP contribution in [0.2, 0.25) is 0 Å². The van der Waals surface area contributed by atoms with Gasteiger partial charge in [-0.2, -0.15) is 0 Å². The SMILES string of the molecule is CCNC(=NCc1ccc(C(=O)OC)c(OC)c1)NCc1c(CC)noc1CC. The number of rotatable bonds is 9. The van der Waals surface area contributed by atoms with Gasteiger partial charge in [0.25, 0.3) is 0 Å². The number of benzene rings is 1. The van der Waals surface area contributed by atoms with Crippen LogP contribution in [0.25, 0.3) is 0 Å². The number of aromatic nitrogens is 1. The monoisotopic (exact) mass is 402 g/mol. The Balaban J connectivity index is 2.13. The molecule has 2 rings (SSSR count). The van der Waals surface area contributed by atoms with Crippen LogP contribution in [0.3, 0.4) is 0 Å². The summed E-state index contributed by atoms with van der Waals surface area (Å²) < 4.78 is 15.5. The molecule has 158 valence electrons. The highest BCUT2D eigenvalue weighted by Crippen LogP contribution is 2.21. The molecule has 29 heavy (non-hydrogen) atoms. The van der Waals surface area contributed by atoms with Crippen LogP contribution in [0, 0.1) is 0 Å². The molecule has 0 fully saturated rings. The van der Waals surface area contributed by atoms with E-state index in [4.69, 9.17) is 14.0 Å². The summed E-state index contributed by atoms with van der Waals surface area (Å²) in [6.45, 7) is 7.88. The molecule has 1 aromatic carbocycles. The highest BCUT2D eigenvalue weighted by molar-refractivity contribution is 5.92. The summed E-state index contributed by atoms with van der Waals surface area (Å²) in [5, 5.41) is 10.7. The molecular formula is C21H30N4O4. The van der Waals surface area contributed by atoms with E-state index in [0.717, 1.165) is 42.0 Å². The number of esters is 1. The molecule has 0 spiro atoms. The van der Waals surface area contributed by atoms with E-state index >= 15 is 0 Å². The molecule has 0 unspecified atom stereocenters. The van der Waals surface area contributed by atoms with Crippen LogP contribution in [0.5, 0.6) is 5.75 Å². The summed E-state index contributed by atoms with van der Waals surface area (Å²) in [4.78, 5) is 16.4. The fraction of sp³-hybridized carbons (Fsp3) is 0.476. The van der Waals surface area contributed by atoms with Gasteiger partial charge >= 0.3 is 5.97 Å². The molecule has 0 amide bonds. The van der Waals surface area contributed by atoms with Gasteiger partial charge in [0.2, 0.25) is 0 Å². The van der Waals surface area contributed by atoms with Gasteiger partial charge in [-0.15, -0.1) is 0 Å². The predicted molar refractivity (Wildman–Crippen MR) is 111 cm³/mol. The number of hydrogen-bond acceptors (Lipinski definition) is 6. The first-order valence-electron chi connectivity index (χ1n) is 9.81. The van der Waals surface area contributed by atoms with Gasteiger partial charge in [0.15, 0.2) is 5.96 Å². The van der Waals surface area contributed by atoms with Crippen LogP contribution in [-0.2, 0) is 30.7 Å². The maximum Gasteiger partial charge on any atom is 0.341 e. The lowest BCUT2D eigenvalue weighted by Crippen LogP contribution is -2.37. The number of guanidine groups is 1. The van der Waals surface area contributed by atoms with Crippen LogP contribution in [0.1, 0.15) is 53.7 Å². The van der Waals surface area contributed by atoms with E-state index in [2.05, 4.69) is 27.7 Å². The van der Waals surface area contributed by atoms with Gasteiger partial charge in [-0.05, 0) is 31.0 Å². The molecule has 1 aromatic heterocycles. The summed E-state index contributed by atoms with van der Waals surface area (Å²) in [5.74, 6) is 1.62. The number of methoxy groups -OCH3 is 2. The van der Waals surface area contributed by atoms with E-state index in [1.807, 2.05) is 19.9 Å². The topological polar surface area (TPSA) is 98.0 Å². The summed E-state index contributed by atoms with van der Waals surface area (Å²) in [5.41, 5.74) is 3.36. The lowest BCUT2D eigenvalue weighted by Gasteiger charge is -2.12. The van der Waals surface area contributed by atoms with Gasteiger partial charge in [-0.1, -0.05) is 25.1 Å². The summed E-state index contributed by atoms with van der Waals surface area (Å²) >= 11 is 0. The molecule has 8 heteroatoms. The Hall–Kier alpha value is -3.03. The number of hydrogen-bond donors (Lipinski definition) is 2. The van der Waals surface area contributed by atoms with Gasteiger partial charge in [0.05, 0.1) is 26.5 Å². The number of ether oxygens (including phenoxy) is 2. The van der Waals surface area contributed by atoms with Crippen molar-refractivity contribution < 1.29 is 18.8 Å². The third-order valence-corrected chi connectivity index (χ3v) is 4.47. The molecule has 0 bridgehead atoms. The van der Waals surface area contributed by atoms with Crippen molar-refractivity contribution >= 4 is 11.9 Å². The van der Waals surface area contributed by atoms with Crippen LogP contribution in [0.4, 0.5) is 0 Å². The number of carbonyl (C=O) groups is 1. The lowest BCUT2D eigenvalue weighted by atomic mass is 10.1. The van der Waals surface area contributed by atoms with Crippen molar-refractivity contribution in [2.75, 3.05) is 20.8 Å². The molecule has 8 nitrogen and oxygen atoms in total. The third-order valence-electron chi connectivity index (χ3n) is 4.47. The number of nitrogens with zero attached hydrogens (tertiary/aromatic N) is 2. The Morgan fingerprint density at radius 1 is 1.17 bits per heavy atom. The minimum atomic E-state index is -0.431. The molecule has 0 atom stereocenters. The lowest BCUT2D eigenvalue weighted by molar-refractivity contribution is 0.0597. The average molecular weight is 402 g/mol. The van der Waals surface area contributed by atoms with Crippen molar-refractivity contribution in [3.63, 3.8) is 0 Å². The first-order valence-corrected chi connectivity index (χ1v) is 9.81. The second-order valence-corrected chi connectivity index (χ2v) is 6.31. The predicted octanol–water partition coefficient (Wildman–Crippen LogP) is 2.85. The number of aryl methyl sites for hydroxylation is 2. The standard InChI is InChI=1S/C21H30N4O4/c1-6-17-16(18(7-2)29-25-17)13-24-21(22-8-3)23-12-14-9-10-15(20(26)28-5)19(11-14)27-4/h9-11H,6-8,12-13H2,1-5H3,(H2,22,23,24). The smallest absolute Gasteiger partial charge is 0.341 e. The molecule has 1 heterocycles. The summed E-state index contributed by atoms with van der Waals surface area (Å²) in [6.07, 6.45) is 1.62. The molecular weight excluding hydrogens is 372 g/mol. The van der Waals surface area contributed by atoms with Crippen LogP contribution >= 0.6 is 0 Å². The largest absolute Gasteiger partial charge is 0.496 e. The van der Waals surface area contributed by atoms with Gasteiger partial charge < -0.3 is 24.6 Å². The maximum absolute atomic E-state index is 11.8. The van der Waals surface area contributed by atoms with Crippen molar-refractivity contribution in [1.82, 2.24) is 15.8 Å². The molecule has 0 aliphatic carbocycles. The van der Waals surface area contributed by atoms with Gasteiger partial charge in [0, 0.05) is 25.1 Å². The van der Waals surface area contributed by atoms with Crippen molar-refractivity contribution in [1.29, 1.82) is 0 Å².